The lowest BCUT2D eigenvalue weighted by Gasteiger charge is -2.21. The zero-order valence-corrected chi connectivity index (χ0v) is 17.0. The van der Waals surface area contributed by atoms with E-state index in [-0.39, 0.29) is 18.6 Å². The van der Waals surface area contributed by atoms with Crippen LogP contribution in [0.2, 0.25) is 0 Å². The predicted molar refractivity (Wildman–Crippen MR) is 109 cm³/mol. The van der Waals surface area contributed by atoms with Gasteiger partial charge in [0.15, 0.2) is 6.61 Å². The lowest BCUT2D eigenvalue weighted by Crippen LogP contribution is -2.33. The molecule has 4 heteroatoms. The second-order valence-electron chi connectivity index (χ2n) is 7.54. The average Bonchev–Trinajstić information content (AvgIpc) is 2.66. The number of methoxy groups -OCH3 is 1. The van der Waals surface area contributed by atoms with E-state index in [1.165, 1.54) is 5.56 Å². The zero-order valence-electron chi connectivity index (χ0n) is 17.0. The third kappa shape index (κ3) is 6.63. The number of carbonyl (C=O) groups excluding carboxylic acids is 1. The van der Waals surface area contributed by atoms with Gasteiger partial charge >= 0.3 is 0 Å². The summed E-state index contributed by atoms with van der Waals surface area (Å²) in [4.78, 5) is 12.4. The highest BCUT2D eigenvalue weighted by molar-refractivity contribution is 5.78. The van der Waals surface area contributed by atoms with Gasteiger partial charge in [0.2, 0.25) is 0 Å². The largest absolute Gasteiger partial charge is 0.497 e. The molecule has 0 fully saturated rings. The number of benzene rings is 2. The molecule has 1 amide bonds. The number of hydrogen-bond donors (Lipinski definition) is 1. The summed E-state index contributed by atoms with van der Waals surface area (Å²) in [7, 11) is 1.65. The van der Waals surface area contributed by atoms with Crippen molar-refractivity contribution in [1.29, 1.82) is 0 Å². The van der Waals surface area contributed by atoms with Crippen molar-refractivity contribution in [3.8, 4) is 11.5 Å². The highest BCUT2D eigenvalue weighted by atomic mass is 16.5. The molecule has 0 unspecified atom stereocenters. The van der Waals surface area contributed by atoms with Gasteiger partial charge in [-0.3, -0.25) is 4.79 Å². The fourth-order valence-corrected chi connectivity index (χ4v) is 2.92. The normalized spacial score (nSPS) is 12.1. The van der Waals surface area contributed by atoms with Crippen LogP contribution in [0.15, 0.2) is 48.5 Å². The maximum Gasteiger partial charge on any atom is 0.258 e. The SMILES string of the molecule is COc1ccc([C@H](CC(C)C)NC(=O)COc2ccc(C(C)C)cc2)cc1. The Kier molecular flexibility index (Phi) is 7.71. The number of amides is 1. The molecule has 0 aliphatic heterocycles. The van der Waals surface area contributed by atoms with Crippen molar-refractivity contribution < 1.29 is 14.3 Å². The van der Waals surface area contributed by atoms with Crippen LogP contribution >= 0.6 is 0 Å². The molecule has 2 rings (SSSR count). The quantitative estimate of drug-likeness (QED) is 0.669. The molecule has 4 nitrogen and oxygen atoms in total. The Bertz CT molecular complexity index is 705. The molecular formula is C23H31NO3. The molecule has 0 saturated carbocycles. The first-order valence-electron chi connectivity index (χ1n) is 9.55. The van der Waals surface area contributed by atoms with Gasteiger partial charge in [0.1, 0.15) is 11.5 Å². The van der Waals surface area contributed by atoms with E-state index >= 15 is 0 Å². The molecule has 2 aromatic rings. The Morgan fingerprint density at radius 1 is 0.889 bits per heavy atom. The van der Waals surface area contributed by atoms with Gasteiger partial charge in [0, 0.05) is 0 Å². The van der Waals surface area contributed by atoms with Gasteiger partial charge in [-0.15, -0.1) is 0 Å². The molecule has 1 atom stereocenters. The lowest BCUT2D eigenvalue weighted by atomic mass is 9.97. The molecule has 0 aromatic heterocycles. The van der Waals surface area contributed by atoms with Crippen LogP contribution in [0.4, 0.5) is 0 Å². The maximum absolute atomic E-state index is 12.4. The van der Waals surface area contributed by atoms with Crippen LogP contribution in [0.1, 0.15) is 57.2 Å². The second kappa shape index (κ2) is 10.0. The van der Waals surface area contributed by atoms with Crippen LogP contribution in [-0.4, -0.2) is 19.6 Å². The standard InChI is InChI=1S/C23H31NO3/c1-16(2)14-22(19-8-10-20(26-5)11-9-19)24-23(25)15-27-21-12-6-18(7-13-21)17(3)4/h6-13,16-17,22H,14-15H2,1-5H3,(H,24,25)/t22-/m0/s1. The van der Waals surface area contributed by atoms with E-state index in [1.54, 1.807) is 7.11 Å². The molecule has 0 radical (unpaired) electrons. The van der Waals surface area contributed by atoms with E-state index in [9.17, 15) is 4.79 Å². The Morgan fingerprint density at radius 3 is 1.96 bits per heavy atom. The highest BCUT2D eigenvalue weighted by Crippen LogP contribution is 2.24. The van der Waals surface area contributed by atoms with Crippen LogP contribution in [0.3, 0.4) is 0 Å². The molecule has 0 bridgehead atoms. The topological polar surface area (TPSA) is 47.6 Å². The summed E-state index contributed by atoms with van der Waals surface area (Å²) < 4.78 is 10.9. The molecule has 27 heavy (non-hydrogen) atoms. The van der Waals surface area contributed by atoms with Crippen molar-refractivity contribution >= 4 is 5.91 Å². The number of nitrogens with one attached hydrogen (secondary N) is 1. The molecule has 146 valence electrons. The summed E-state index contributed by atoms with van der Waals surface area (Å²) in [6.45, 7) is 8.60. The summed E-state index contributed by atoms with van der Waals surface area (Å²) in [5.74, 6) is 2.33. The van der Waals surface area contributed by atoms with Crippen LogP contribution in [0.25, 0.3) is 0 Å². The molecular weight excluding hydrogens is 338 g/mol. The summed E-state index contributed by atoms with van der Waals surface area (Å²) in [5.41, 5.74) is 2.32. The minimum atomic E-state index is -0.121. The Hall–Kier alpha value is -2.49. The average molecular weight is 370 g/mol. The smallest absolute Gasteiger partial charge is 0.258 e. The first-order valence-corrected chi connectivity index (χ1v) is 9.55. The van der Waals surface area contributed by atoms with Crippen molar-refractivity contribution in [2.45, 2.75) is 46.1 Å². The van der Waals surface area contributed by atoms with Crippen molar-refractivity contribution in [3.05, 3.63) is 59.7 Å². The van der Waals surface area contributed by atoms with Crippen LogP contribution in [0.5, 0.6) is 11.5 Å². The molecule has 0 aliphatic carbocycles. The summed E-state index contributed by atoms with van der Waals surface area (Å²) in [5, 5.41) is 3.10. The first-order chi connectivity index (χ1) is 12.9. The van der Waals surface area contributed by atoms with E-state index < -0.39 is 0 Å². The first kappa shape index (κ1) is 20.8. The summed E-state index contributed by atoms with van der Waals surface area (Å²) >= 11 is 0. The van der Waals surface area contributed by atoms with Gasteiger partial charge < -0.3 is 14.8 Å². The second-order valence-corrected chi connectivity index (χ2v) is 7.54. The van der Waals surface area contributed by atoms with Crippen molar-refractivity contribution in [2.24, 2.45) is 5.92 Å². The highest BCUT2D eigenvalue weighted by Gasteiger charge is 2.17. The Labute approximate surface area is 162 Å². The monoisotopic (exact) mass is 369 g/mol. The summed E-state index contributed by atoms with van der Waals surface area (Å²) in [6.07, 6.45) is 0.862. The van der Waals surface area contributed by atoms with Gasteiger partial charge in [-0.1, -0.05) is 52.0 Å². The van der Waals surface area contributed by atoms with Gasteiger partial charge in [-0.2, -0.15) is 0 Å². The van der Waals surface area contributed by atoms with Crippen molar-refractivity contribution in [3.63, 3.8) is 0 Å². The zero-order chi connectivity index (χ0) is 19.8. The molecule has 2 aromatic carbocycles. The number of ether oxygens (including phenoxy) is 2. The van der Waals surface area contributed by atoms with E-state index in [0.29, 0.717) is 17.6 Å². The predicted octanol–water partition coefficient (Wildman–Crippen LogP) is 5.10. The number of hydrogen-bond acceptors (Lipinski definition) is 3. The third-order valence-electron chi connectivity index (χ3n) is 4.48. The molecule has 0 saturated heterocycles. The van der Waals surface area contributed by atoms with Gasteiger partial charge in [-0.05, 0) is 53.6 Å². The Balaban J connectivity index is 1.96. The van der Waals surface area contributed by atoms with Gasteiger partial charge in [0.05, 0.1) is 13.2 Å². The van der Waals surface area contributed by atoms with E-state index in [2.05, 4.69) is 33.0 Å². The molecule has 0 heterocycles. The molecule has 0 spiro atoms. The van der Waals surface area contributed by atoms with Gasteiger partial charge in [-0.25, -0.2) is 0 Å². The third-order valence-corrected chi connectivity index (χ3v) is 4.48. The number of carbonyl (C=O) groups is 1. The Morgan fingerprint density at radius 2 is 1.44 bits per heavy atom. The molecule has 0 aliphatic rings. The lowest BCUT2D eigenvalue weighted by molar-refractivity contribution is -0.124. The molecule has 1 N–H and O–H groups in total. The van der Waals surface area contributed by atoms with E-state index in [1.807, 2.05) is 48.5 Å². The number of rotatable bonds is 9. The fraction of sp³-hybridized carbons (Fsp3) is 0.435. The minimum Gasteiger partial charge on any atom is -0.497 e. The minimum absolute atomic E-state index is 0.00573. The maximum atomic E-state index is 12.4. The van der Waals surface area contributed by atoms with Crippen LogP contribution in [0, 0.1) is 5.92 Å². The van der Waals surface area contributed by atoms with Gasteiger partial charge in [0.25, 0.3) is 5.91 Å². The summed E-state index contributed by atoms with van der Waals surface area (Å²) in [6, 6.07) is 15.7. The van der Waals surface area contributed by atoms with Crippen LogP contribution in [-0.2, 0) is 4.79 Å². The van der Waals surface area contributed by atoms with Crippen molar-refractivity contribution in [1.82, 2.24) is 5.32 Å². The fourth-order valence-electron chi connectivity index (χ4n) is 2.92. The van der Waals surface area contributed by atoms with Crippen molar-refractivity contribution in [2.75, 3.05) is 13.7 Å². The van der Waals surface area contributed by atoms with E-state index in [0.717, 1.165) is 17.7 Å². The van der Waals surface area contributed by atoms with Crippen LogP contribution < -0.4 is 14.8 Å². The van der Waals surface area contributed by atoms with E-state index in [4.69, 9.17) is 9.47 Å².